The minimum Gasteiger partial charge on any atom is -0.314 e. The Bertz CT molecular complexity index is 779. The summed E-state index contributed by atoms with van der Waals surface area (Å²) in [7, 11) is 0. The van der Waals surface area contributed by atoms with Gasteiger partial charge in [0.2, 0.25) is 0 Å². The van der Waals surface area contributed by atoms with Crippen LogP contribution in [0, 0.1) is 6.92 Å². The van der Waals surface area contributed by atoms with Crippen molar-refractivity contribution in [3.05, 3.63) is 89.6 Å². The van der Waals surface area contributed by atoms with E-state index >= 15 is 0 Å². The molecule has 1 heterocycles. The van der Waals surface area contributed by atoms with Crippen molar-refractivity contribution in [3.63, 3.8) is 0 Å². The molecule has 22 heavy (non-hydrogen) atoms. The summed E-state index contributed by atoms with van der Waals surface area (Å²) in [5.41, 5.74) is 3.72. The number of benzene rings is 2. The minimum absolute atomic E-state index is 1.11. The number of aromatic nitrogens is 1. The molecule has 3 rings (SSSR count). The lowest BCUT2D eigenvalue weighted by atomic mass is 10.2. The van der Waals surface area contributed by atoms with Gasteiger partial charge in [-0.1, -0.05) is 58.9 Å². The number of halogens is 1. The molecule has 112 valence electrons. The Hall–Kier alpha value is -2.06. The largest absolute Gasteiger partial charge is 0.314 e. The Morgan fingerprint density at radius 2 is 1.73 bits per heavy atom. The first-order valence-electron chi connectivity index (χ1n) is 7.24. The molecule has 1 aromatic heterocycles. The topological polar surface area (TPSA) is 4.93 Å². The predicted octanol–water partition coefficient (Wildman–Crippen LogP) is 6.45. The van der Waals surface area contributed by atoms with E-state index in [0.29, 0.717) is 0 Å². The maximum atomic E-state index is 3.47. The van der Waals surface area contributed by atoms with Crippen molar-refractivity contribution >= 4 is 26.8 Å². The third-order valence-electron chi connectivity index (χ3n) is 3.31. The third-order valence-corrected chi connectivity index (χ3v) is 3.84. The van der Waals surface area contributed by atoms with Crippen LogP contribution in [0.3, 0.4) is 0 Å². The van der Waals surface area contributed by atoms with E-state index < -0.39 is 0 Å². The summed E-state index contributed by atoms with van der Waals surface area (Å²) in [6.07, 6.45) is 5.58. The molecule has 0 saturated heterocycles. The standard InChI is InChI=1S/C15H12BrN.C5H8/c1-11-10-12-4-2-3-5-15(12)17(11)14-8-6-13(16)7-9-14;1-3-5-4-2/h2-10H,1H3;3-5H,1H2,2H3/b;5-4-. The molecule has 0 saturated carbocycles. The van der Waals surface area contributed by atoms with Crippen molar-refractivity contribution in [2.24, 2.45) is 0 Å². The van der Waals surface area contributed by atoms with Gasteiger partial charge in [0, 0.05) is 21.2 Å². The lowest BCUT2D eigenvalue weighted by Gasteiger charge is -2.08. The zero-order chi connectivity index (χ0) is 15.9. The molecule has 0 bridgehead atoms. The van der Waals surface area contributed by atoms with Crippen LogP contribution in [-0.2, 0) is 0 Å². The van der Waals surface area contributed by atoms with Crippen molar-refractivity contribution in [2.75, 3.05) is 0 Å². The Balaban J connectivity index is 0.000000309. The number of rotatable bonds is 2. The SMILES string of the molecule is C=C/C=C\C.Cc1cc2ccccc2n1-c1ccc(Br)cc1. The number of hydrogen-bond donors (Lipinski definition) is 0. The van der Waals surface area contributed by atoms with E-state index in [1.807, 2.05) is 19.1 Å². The molecule has 2 heteroatoms. The molecule has 0 aliphatic carbocycles. The number of hydrogen-bond acceptors (Lipinski definition) is 0. The fourth-order valence-electron chi connectivity index (χ4n) is 2.36. The summed E-state index contributed by atoms with van der Waals surface area (Å²) >= 11 is 3.47. The van der Waals surface area contributed by atoms with Gasteiger partial charge in [0.15, 0.2) is 0 Å². The fraction of sp³-hybridized carbons (Fsp3) is 0.100. The Labute approximate surface area is 140 Å². The highest BCUT2D eigenvalue weighted by atomic mass is 79.9. The maximum absolute atomic E-state index is 3.47. The molecule has 0 amide bonds. The molecule has 0 atom stereocenters. The normalized spacial score (nSPS) is 10.5. The minimum atomic E-state index is 1.11. The number of nitrogens with zero attached hydrogens (tertiary/aromatic N) is 1. The van der Waals surface area contributed by atoms with E-state index in [2.05, 4.69) is 88.6 Å². The number of aryl methyl sites for hydroxylation is 1. The lowest BCUT2D eigenvalue weighted by Crippen LogP contribution is -1.95. The summed E-state index contributed by atoms with van der Waals surface area (Å²) in [6.45, 7) is 7.56. The fourth-order valence-corrected chi connectivity index (χ4v) is 2.63. The summed E-state index contributed by atoms with van der Waals surface area (Å²) in [4.78, 5) is 0. The van der Waals surface area contributed by atoms with Crippen LogP contribution < -0.4 is 0 Å². The van der Waals surface area contributed by atoms with Crippen LogP contribution in [-0.4, -0.2) is 4.57 Å². The van der Waals surface area contributed by atoms with Gasteiger partial charge in [0.1, 0.15) is 0 Å². The van der Waals surface area contributed by atoms with Gasteiger partial charge in [-0.25, -0.2) is 0 Å². The van der Waals surface area contributed by atoms with Crippen LogP contribution >= 0.6 is 15.9 Å². The van der Waals surface area contributed by atoms with Gasteiger partial charge in [0.25, 0.3) is 0 Å². The van der Waals surface area contributed by atoms with Crippen LogP contribution in [0.15, 0.2) is 83.9 Å². The molecule has 0 N–H and O–H groups in total. The number of para-hydroxylation sites is 1. The summed E-state index contributed by atoms with van der Waals surface area (Å²) in [6, 6.07) is 19.1. The summed E-state index contributed by atoms with van der Waals surface area (Å²) in [5.74, 6) is 0. The Kier molecular flexibility index (Phi) is 5.79. The van der Waals surface area contributed by atoms with Crippen LogP contribution in [0.25, 0.3) is 16.6 Å². The van der Waals surface area contributed by atoms with Crippen molar-refractivity contribution in [3.8, 4) is 5.69 Å². The molecular formula is C20H20BrN. The van der Waals surface area contributed by atoms with Gasteiger partial charge < -0.3 is 4.57 Å². The average Bonchev–Trinajstić information content (AvgIpc) is 2.86. The van der Waals surface area contributed by atoms with Gasteiger partial charge in [-0.15, -0.1) is 0 Å². The zero-order valence-electron chi connectivity index (χ0n) is 13.0. The van der Waals surface area contributed by atoms with E-state index in [4.69, 9.17) is 0 Å². The van der Waals surface area contributed by atoms with Gasteiger partial charge in [-0.2, -0.15) is 0 Å². The van der Waals surface area contributed by atoms with Crippen LogP contribution in [0.4, 0.5) is 0 Å². The molecule has 1 nitrogen and oxygen atoms in total. The highest BCUT2D eigenvalue weighted by molar-refractivity contribution is 9.10. The van der Waals surface area contributed by atoms with E-state index in [1.165, 1.54) is 22.3 Å². The molecule has 0 unspecified atom stereocenters. The number of allylic oxidation sites excluding steroid dienone is 3. The smallest absolute Gasteiger partial charge is 0.0531 e. The van der Waals surface area contributed by atoms with Crippen molar-refractivity contribution < 1.29 is 0 Å². The van der Waals surface area contributed by atoms with E-state index in [1.54, 1.807) is 6.08 Å². The summed E-state index contributed by atoms with van der Waals surface area (Å²) in [5, 5.41) is 1.29. The molecule has 0 aliphatic rings. The molecule has 0 fully saturated rings. The Morgan fingerprint density at radius 3 is 2.32 bits per heavy atom. The molecule has 3 aromatic rings. The maximum Gasteiger partial charge on any atom is 0.0531 e. The van der Waals surface area contributed by atoms with E-state index in [-0.39, 0.29) is 0 Å². The summed E-state index contributed by atoms with van der Waals surface area (Å²) < 4.78 is 3.39. The highest BCUT2D eigenvalue weighted by Crippen LogP contribution is 2.24. The van der Waals surface area contributed by atoms with Crippen LogP contribution in [0.5, 0.6) is 0 Å². The predicted molar refractivity (Wildman–Crippen MR) is 101 cm³/mol. The first kappa shape index (κ1) is 16.3. The third kappa shape index (κ3) is 3.77. The highest BCUT2D eigenvalue weighted by Gasteiger charge is 2.06. The van der Waals surface area contributed by atoms with E-state index in [9.17, 15) is 0 Å². The lowest BCUT2D eigenvalue weighted by molar-refractivity contribution is 1.05. The first-order chi connectivity index (χ1) is 10.7. The van der Waals surface area contributed by atoms with Gasteiger partial charge in [-0.05, 0) is 50.2 Å². The average molecular weight is 354 g/mol. The monoisotopic (exact) mass is 353 g/mol. The molecule has 0 aliphatic heterocycles. The van der Waals surface area contributed by atoms with E-state index in [0.717, 1.165) is 4.47 Å². The van der Waals surface area contributed by atoms with Crippen molar-refractivity contribution in [1.29, 1.82) is 0 Å². The second-order valence-electron chi connectivity index (χ2n) is 4.92. The molecule has 2 aromatic carbocycles. The zero-order valence-corrected chi connectivity index (χ0v) is 14.5. The molecule has 0 spiro atoms. The second kappa shape index (κ2) is 7.81. The van der Waals surface area contributed by atoms with Crippen LogP contribution in [0.1, 0.15) is 12.6 Å². The first-order valence-corrected chi connectivity index (χ1v) is 8.03. The van der Waals surface area contributed by atoms with Gasteiger partial charge >= 0.3 is 0 Å². The number of fused-ring (bicyclic) bond motifs is 1. The van der Waals surface area contributed by atoms with Crippen molar-refractivity contribution in [1.82, 2.24) is 4.57 Å². The Morgan fingerprint density at radius 1 is 1.05 bits per heavy atom. The quantitative estimate of drug-likeness (QED) is 0.466. The molecule has 0 radical (unpaired) electrons. The van der Waals surface area contributed by atoms with Gasteiger partial charge in [-0.3, -0.25) is 0 Å². The molecular weight excluding hydrogens is 334 g/mol. The second-order valence-corrected chi connectivity index (χ2v) is 5.83. The van der Waals surface area contributed by atoms with Crippen molar-refractivity contribution in [2.45, 2.75) is 13.8 Å². The van der Waals surface area contributed by atoms with Gasteiger partial charge in [0.05, 0.1) is 5.52 Å². The van der Waals surface area contributed by atoms with Crippen LogP contribution in [0.2, 0.25) is 0 Å².